The number of hydrogen-bond acceptors (Lipinski definition) is 5. The van der Waals surface area contributed by atoms with E-state index in [1.807, 2.05) is 13.8 Å². The Bertz CT molecular complexity index is 646. The first-order chi connectivity index (χ1) is 11.8. The third-order valence-corrected chi connectivity index (χ3v) is 8.98. The van der Waals surface area contributed by atoms with E-state index in [1.165, 1.54) is 4.31 Å². The van der Waals surface area contributed by atoms with Gasteiger partial charge in [-0.25, -0.2) is 12.7 Å². The highest BCUT2D eigenvalue weighted by Crippen LogP contribution is 2.47. The summed E-state index contributed by atoms with van der Waals surface area (Å²) in [7, 11) is -3.16. The third-order valence-electron chi connectivity index (χ3n) is 5.40. The van der Waals surface area contributed by atoms with Crippen molar-refractivity contribution in [3.8, 4) is 0 Å². The van der Waals surface area contributed by atoms with Gasteiger partial charge in [0.2, 0.25) is 21.8 Å². The molecule has 3 fully saturated rings. The molecule has 0 aliphatic carbocycles. The Morgan fingerprint density at radius 2 is 2.04 bits per heavy atom. The zero-order valence-electron chi connectivity index (χ0n) is 14.9. The van der Waals surface area contributed by atoms with Crippen LogP contribution in [0.25, 0.3) is 0 Å². The highest BCUT2D eigenvalue weighted by atomic mass is 32.2. The summed E-state index contributed by atoms with van der Waals surface area (Å²) >= 11 is 1.68. The van der Waals surface area contributed by atoms with E-state index in [4.69, 9.17) is 0 Å². The quantitative estimate of drug-likeness (QED) is 0.750. The molecule has 3 rings (SSSR count). The van der Waals surface area contributed by atoms with E-state index in [-0.39, 0.29) is 28.5 Å². The number of thioether (sulfide) groups is 1. The Balaban J connectivity index is 1.54. The van der Waals surface area contributed by atoms with E-state index in [0.717, 1.165) is 6.42 Å². The van der Waals surface area contributed by atoms with Gasteiger partial charge < -0.3 is 10.2 Å². The fraction of sp³-hybridized carbons (Fsp3) is 0.875. The minimum atomic E-state index is -3.16. The molecule has 9 heteroatoms. The number of carbonyl (C=O) groups excluding carboxylic acids is 2. The molecule has 0 radical (unpaired) electrons. The monoisotopic (exact) mass is 389 g/mol. The van der Waals surface area contributed by atoms with Crippen molar-refractivity contribution in [2.75, 3.05) is 24.6 Å². The van der Waals surface area contributed by atoms with Crippen LogP contribution in [0.5, 0.6) is 0 Å². The highest BCUT2D eigenvalue weighted by Gasteiger charge is 2.53. The van der Waals surface area contributed by atoms with Gasteiger partial charge in [-0.1, -0.05) is 6.92 Å². The normalized spacial score (nSPS) is 31.4. The fourth-order valence-corrected chi connectivity index (χ4v) is 6.95. The lowest BCUT2D eigenvalue weighted by molar-refractivity contribution is -0.138. The Hall–Kier alpha value is -0.800. The minimum absolute atomic E-state index is 0.0184. The smallest absolute Gasteiger partial charge is 0.243 e. The molecule has 0 spiro atoms. The van der Waals surface area contributed by atoms with E-state index in [0.29, 0.717) is 44.5 Å². The number of fused-ring (bicyclic) bond motifs is 1. The standard InChI is InChI=1S/C16H27N3O4S2/c1-3-10-25(22,23)18-8-5-12(6-9-18)17-15(21)13-11-24-16(2)7-4-14(20)19(13)16/h12-13H,3-11H2,1-2H3,(H,17,21). The molecule has 0 saturated carbocycles. The summed E-state index contributed by atoms with van der Waals surface area (Å²) in [6.45, 7) is 4.80. The zero-order valence-corrected chi connectivity index (χ0v) is 16.5. The van der Waals surface area contributed by atoms with Crippen LogP contribution in [0.3, 0.4) is 0 Å². The van der Waals surface area contributed by atoms with Crippen molar-refractivity contribution in [1.82, 2.24) is 14.5 Å². The van der Waals surface area contributed by atoms with Gasteiger partial charge in [0, 0.05) is 31.3 Å². The number of sulfonamides is 1. The number of hydrogen-bond donors (Lipinski definition) is 1. The Labute approximate surface area is 153 Å². The average Bonchev–Trinajstić information content (AvgIpc) is 3.04. The van der Waals surface area contributed by atoms with Crippen LogP contribution in [0.15, 0.2) is 0 Å². The number of nitrogens with one attached hydrogen (secondary N) is 1. The first kappa shape index (κ1) is 19.0. The topological polar surface area (TPSA) is 86.8 Å². The van der Waals surface area contributed by atoms with Crippen molar-refractivity contribution >= 4 is 33.6 Å². The van der Waals surface area contributed by atoms with E-state index in [1.54, 1.807) is 16.7 Å². The average molecular weight is 390 g/mol. The molecular weight excluding hydrogens is 362 g/mol. The molecule has 2 unspecified atom stereocenters. The number of carbonyl (C=O) groups is 2. The molecule has 142 valence electrons. The molecule has 3 aliphatic heterocycles. The molecule has 0 aromatic heterocycles. The molecule has 3 saturated heterocycles. The molecule has 2 atom stereocenters. The van der Waals surface area contributed by atoms with Gasteiger partial charge in [0.25, 0.3) is 0 Å². The Morgan fingerprint density at radius 1 is 1.36 bits per heavy atom. The predicted octanol–water partition coefficient (Wildman–Crippen LogP) is 0.761. The van der Waals surface area contributed by atoms with Crippen molar-refractivity contribution in [1.29, 1.82) is 0 Å². The van der Waals surface area contributed by atoms with Crippen molar-refractivity contribution in [2.24, 2.45) is 0 Å². The van der Waals surface area contributed by atoms with Crippen molar-refractivity contribution < 1.29 is 18.0 Å². The van der Waals surface area contributed by atoms with E-state index in [2.05, 4.69) is 5.32 Å². The van der Waals surface area contributed by atoms with Crippen LogP contribution >= 0.6 is 11.8 Å². The van der Waals surface area contributed by atoms with E-state index in [9.17, 15) is 18.0 Å². The lowest BCUT2D eigenvalue weighted by Gasteiger charge is -2.34. The molecule has 25 heavy (non-hydrogen) atoms. The van der Waals surface area contributed by atoms with Crippen LogP contribution in [-0.2, 0) is 19.6 Å². The van der Waals surface area contributed by atoms with Crippen LogP contribution in [0.2, 0.25) is 0 Å². The third kappa shape index (κ3) is 3.68. The van der Waals surface area contributed by atoms with E-state index >= 15 is 0 Å². The van der Waals surface area contributed by atoms with Gasteiger partial charge in [0.15, 0.2) is 0 Å². The maximum atomic E-state index is 12.7. The summed E-state index contributed by atoms with van der Waals surface area (Å²) in [6.07, 6.45) is 3.18. The zero-order chi connectivity index (χ0) is 18.2. The lowest BCUT2D eigenvalue weighted by atomic mass is 10.1. The molecular formula is C16H27N3O4S2. The lowest BCUT2D eigenvalue weighted by Crippen LogP contribution is -2.54. The molecule has 2 amide bonds. The molecule has 7 nitrogen and oxygen atoms in total. The van der Waals surface area contributed by atoms with Gasteiger partial charge >= 0.3 is 0 Å². The van der Waals surface area contributed by atoms with E-state index < -0.39 is 16.1 Å². The summed E-state index contributed by atoms with van der Waals surface area (Å²) in [5.74, 6) is 0.783. The van der Waals surface area contributed by atoms with Gasteiger partial charge in [-0.15, -0.1) is 11.8 Å². The highest BCUT2D eigenvalue weighted by molar-refractivity contribution is 8.01. The second kappa shape index (κ2) is 7.08. The molecule has 0 aromatic rings. The molecule has 0 aromatic carbocycles. The molecule has 3 heterocycles. The second-order valence-electron chi connectivity index (χ2n) is 7.26. The number of nitrogens with zero attached hydrogens (tertiary/aromatic N) is 2. The van der Waals surface area contributed by atoms with Crippen LogP contribution in [0.1, 0.15) is 46.0 Å². The first-order valence-electron chi connectivity index (χ1n) is 9.01. The first-order valence-corrected chi connectivity index (χ1v) is 11.6. The summed E-state index contributed by atoms with van der Waals surface area (Å²) in [5.41, 5.74) is 0. The van der Waals surface area contributed by atoms with Crippen LogP contribution in [-0.4, -0.2) is 71.0 Å². The van der Waals surface area contributed by atoms with Crippen LogP contribution < -0.4 is 5.32 Å². The Morgan fingerprint density at radius 3 is 2.68 bits per heavy atom. The second-order valence-corrected chi connectivity index (χ2v) is 10.9. The van der Waals surface area contributed by atoms with Gasteiger partial charge in [0.1, 0.15) is 6.04 Å². The van der Waals surface area contributed by atoms with Crippen molar-refractivity contribution in [2.45, 2.75) is 62.9 Å². The van der Waals surface area contributed by atoms with Gasteiger partial charge in [0.05, 0.1) is 10.6 Å². The van der Waals surface area contributed by atoms with Gasteiger partial charge in [-0.05, 0) is 32.6 Å². The minimum Gasteiger partial charge on any atom is -0.351 e. The number of rotatable bonds is 5. The van der Waals surface area contributed by atoms with Crippen molar-refractivity contribution in [3.05, 3.63) is 0 Å². The maximum absolute atomic E-state index is 12.7. The maximum Gasteiger partial charge on any atom is 0.243 e. The molecule has 0 bridgehead atoms. The van der Waals surface area contributed by atoms with Crippen molar-refractivity contribution in [3.63, 3.8) is 0 Å². The fourth-order valence-electron chi connectivity index (χ4n) is 3.98. The molecule has 3 aliphatic rings. The summed E-state index contributed by atoms with van der Waals surface area (Å²) in [6, 6.07) is -0.415. The van der Waals surface area contributed by atoms with Gasteiger partial charge in [-0.2, -0.15) is 0 Å². The summed E-state index contributed by atoms with van der Waals surface area (Å²) in [5, 5.41) is 3.05. The number of amides is 2. The largest absolute Gasteiger partial charge is 0.351 e. The molecule has 1 N–H and O–H groups in total. The Kier molecular flexibility index (Phi) is 5.37. The SMILES string of the molecule is CCCS(=O)(=O)N1CCC(NC(=O)C2CSC3(C)CCC(=O)N23)CC1. The van der Waals surface area contributed by atoms with Crippen LogP contribution in [0.4, 0.5) is 0 Å². The summed E-state index contributed by atoms with van der Waals surface area (Å²) < 4.78 is 25.8. The van der Waals surface area contributed by atoms with Crippen LogP contribution in [0, 0.1) is 0 Å². The number of piperidine rings is 1. The summed E-state index contributed by atoms with van der Waals surface area (Å²) in [4.78, 5) is 26.3. The van der Waals surface area contributed by atoms with Gasteiger partial charge in [-0.3, -0.25) is 9.59 Å². The predicted molar refractivity (Wildman–Crippen MR) is 97.5 cm³/mol.